The highest BCUT2D eigenvalue weighted by atomic mass is 32.2. The number of anilines is 1. The van der Waals surface area contributed by atoms with Gasteiger partial charge in [-0.15, -0.1) is 0 Å². The van der Waals surface area contributed by atoms with Gasteiger partial charge in [-0.25, -0.2) is 13.2 Å². The highest BCUT2D eigenvalue weighted by molar-refractivity contribution is 7.91. The lowest BCUT2D eigenvalue weighted by atomic mass is 10.3. The molecule has 0 aromatic heterocycles. The molecular formula is C10H11F2NO5S. The molecule has 0 atom stereocenters. The van der Waals surface area contributed by atoms with Crippen LogP contribution in [0, 0.1) is 0 Å². The zero-order valence-electron chi connectivity index (χ0n) is 9.55. The Bertz CT molecular complexity index is 547. The van der Waals surface area contributed by atoms with Gasteiger partial charge in [0.25, 0.3) is 0 Å². The van der Waals surface area contributed by atoms with Crippen molar-refractivity contribution in [1.29, 1.82) is 0 Å². The van der Waals surface area contributed by atoms with Crippen molar-refractivity contribution in [1.82, 2.24) is 0 Å². The van der Waals surface area contributed by atoms with Gasteiger partial charge in [0.15, 0.2) is 0 Å². The van der Waals surface area contributed by atoms with Crippen LogP contribution in [0.15, 0.2) is 29.2 Å². The molecule has 19 heavy (non-hydrogen) atoms. The lowest BCUT2D eigenvalue weighted by Crippen LogP contribution is -2.19. The summed E-state index contributed by atoms with van der Waals surface area (Å²) in [6.07, 6.45) is -1.05. The molecule has 106 valence electrons. The van der Waals surface area contributed by atoms with Crippen molar-refractivity contribution in [2.45, 2.75) is 10.7 Å². The van der Waals surface area contributed by atoms with E-state index < -0.39 is 33.2 Å². The van der Waals surface area contributed by atoms with Crippen LogP contribution in [0.5, 0.6) is 0 Å². The monoisotopic (exact) mass is 295 g/mol. The van der Waals surface area contributed by atoms with E-state index in [0.717, 1.165) is 12.1 Å². The van der Waals surface area contributed by atoms with E-state index in [4.69, 9.17) is 5.11 Å². The van der Waals surface area contributed by atoms with Crippen LogP contribution in [0.3, 0.4) is 0 Å². The number of aliphatic hydroxyl groups excluding tert-OH is 1. The molecule has 0 fully saturated rings. The second-order valence-electron chi connectivity index (χ2n) is 3.29. The van der Waals surface area contributed by atoms with Gasteiger partial charge >= 0.3 is 11.9 Å². The van der Waals surface area contributed by atoms with Crippen LogP contribution in [-0.2, 0) is 14.6 Å². The van der Waals surface area contributed by atoms with Gasteiger partial charge in [-0.1, -0.05) is 12.1 Å². The molecule has 1 rings (SSSR count). The number of para-hydroxylation sites is 1. The van der Waals surface area contributed by atoms with Crippen LogP contribution < -0.4 is 5.32 Å². The minimum Gasteiger partial charge on any atom is -0.447 e. The number of rotatable bonds is 5. The fourth-order valence-electron chi connectivity index (χ4n) is 1.20. The number of hydrogen-bond donors (Lipinski definition) is 2. The van der Waals surface area contributed by atoms with Crippen LogP contribution >= 0.6 is 0 Å². The third-order valence-corrected chi connectivity index (χ3v) is 3.43. The van der Waals surface area contributed by atoms with Crippen LogP contribution in [0.1, 0.15) is 0 Å². The Morgan fingerprint density at radius 2 is 2.00 bits per heavy atom. The molecule has 1 aromatic rings. The number of benzene rings is 1. The number of alkyl halides is 2. The first-order valence-electron chi connectivity index (χ1n) is 5.05. The summed E-state index contributed by atoms with van der Waals surface area (Å²) in [5, 5.41) is 10.5. The van der Waals surface area contributed by atoms with Gasteiger partial charge in [-0.05, 0) is 12.1 Å². The molecule has 0 bridgehead atoms. The molecule has 9 heteroatoms. The summed E-state index contributed by atoms with van der Waals surface area (Å²) in [4.78, 5) is 10.5. The molecule has 0 radical (unpaired) electrons. The Balaban J connectivity index is 3.01. The number of ether oxygens (including phenoxy) is 1. The Hall–Kier alpha value is -1.74. The molecule has 0 aliphatic carbocycles. The van der Waals surface area contributed by atoms with Crippen molar-refractivity contribution in [3.8, 4) is 0 Å². The fourth-order valence-corrected chi connectivity index (χ4v) is 2.08. The van der Waals surface area contributed by atoms with Crippen molar-refractivity contribution in [3.05, 3.63) is 24.3 Å². The van der Waals surface area contributed by atoms with Crippen molar-refractivity contribution in [2.75, 3.05) is 18.5 Å². The SMILES string of the molecule is O=C(Nc1ccccc1S(=O)(=O)C(F)F)OCCO. The zero-order chi connectivity index (χ0) is 14.5. The number of carbonyl (C=O) groups is 1. The molecule has 0 saturated carbocycles. The van der Waals surface area contributed by atoms with Gasteiger partial charge < -0.3 is 9.84 Å². The summed E-state index contributed by atoms with van der Waals surface area (Å²) < 4.78 is 52.1. The third kappa shape index (κ3) is 3.86. The number of halogens is 2. The summed E-state index contributed by atoms with van der Waals surface area (Å²) in [7, 11) is -4.83. The van der Waals surface area contributed by atoms with Crippen molar-refractivity contribution in [2.24, 2.45) is 0 Å². The minimum absolute atomic E-state index is 0.296. The van der Waals surface area contributed by atoms with E-state index in [2.05, 4.69) is 4.74 Å². The second-order valence-corrected chi connectivity index (χ2v) is 5.17. The number of hydrogen-bond acceptors (Lipinski definition) is 5. The average Bonchev–Trinajstić information content (AvgIpc) is 2.36. The molecule has 0 unspecified atom stereocenters. The maximum Gasteiger partial charge on any atom is 0.411 e. The van der Waals surface area contributed by atoms with Crippen LogP contribution in [-0.4, -0.2) is 38.6 Å². The molecule has 1 aromatic carbocycles. The quantitative estimate of drug-likeness (QED) is 0.852. The van der Waals surface area contributed by atoms with Gasteiger partial charge in [-0.3, -0.25) is 5.32 Å². The van der Waals surface area contributed by atoms with E-state index in [9.17, 15) is 22.0 Å². The lowest BCUT2D eigenvalue weighted by Gasteiger charge is -2.11. The smallest absolute Gasteiger partial charge is 0.411 e. The standard InChI is InChI=1S/C10H11F2NO5S/c11-9(12)19(16,17)8-4-2-1-3-7(8)13-10(15)18-6-5-14/h1-4,9,14H,5-6H2,(H,13,15). The Morgan fingerprint density at radius 1 is 1.37 bits per heavy atom. The largest absolute Gasteiger partial charge is 0.447 e. The fraction of sp³-hybridized carbons (Fsp3) is 0.300. The third-order valence-electron chi connectivity index (χ3n) is 1.99. The number of sulfone groups is 1. The molecule has 0 saturated heterocycles. The molecule has 0 heterocycles. The van der Waals surface area contributed by atoms with E-state index in [1.807, 2.05) is 5.32 Å². The highest BCUT2D eigenvalue weighted by Crippen LogP contribution is 2.26. The molecule has 6 nitrogen and oxygen atoms in total. The maximum absolute atomic E-state index is 12.5. The Labute approximate surface area is 107 Å². The van der Waals surface area contributed by atoms with Crippen LogP contribution in [0.2, 0.25) is 0 Å². The van der Waals surface area contributed by atoms with Gasteiger partial charge in [0.2, 0.25) is 9.84 Å². The van der Waals surface area contributed by atoms with E-state index in [-0.39, 0.29) is 12.3 Å². The molecule has 0 spiro atoms. The second kappa shape index (κ2) is 6.43. The molecule has 0 aliphatic rings. The van der Waals surface area contributed by atoms with Gasteiger partial charge in [0.05, 0.1) is 17.2 Å². The topological polar surface area (TPSA) is 92.7 Å². The predicted molar refractivity (Wildman–Crippen MR) is 61.7 cm³/mol. The lowest BCUT2D eigenvalue weighted by molar-refractivity contribution is 0.131. The Morgan fingerprint density at radius 3 is 2.58 bits per heavy atom. The minimum atomic E-state index is -4.83. The summed E-state index contributed by atoms with van der Waals surface area (Å²) in [6.45, 7) is -0.708. The first-order chi connectivity index (χ1) is 8.89. The number of aliphatic hydroxyl groups is 1. The first-order valence-corrected chi connectivity index (χ1v) is 6.60. The molecular weight excluding hydrogens is 284 g/mol. The Kier molecular flexibility index (Phi) is 5.19. The normalized spacial score (nSPS) is 11.4. The van der Waals surface area contributed by atoms with Crippen LogP contribution in [0.4, 0.5) is 19.3 Å². The summed E-state index contributed by atoms with van der Waals surface area (Å²) >= 11 is 0. The van der Waals surface area contributed by atoms with Gasteiger partial charge in [0.1, 0.15) is 6.61 Å². The first kappa shape index (κ1) is 15.3. The highest BCUT2D eigenvalue weighted by Gasteiger charge is 2.29. The summed E-state index contributed by atoms with van der Waals surface area (Å²) in [5.41, 5.74) is -0.314. The maximum atomic E-state index is 12.5. The summed E-state index contributed by atoms with van der Waals surface area (Å²) in [6, 6.07) is 4.71. The number of carbonyl (C=O) groups excluding carboxylic acids is 1. The van der Waals surface area contributed by atoms with E-state index in [1.54, 1.807) is 0 Å². The van der Waals surface area contributed by atoms with Crippen molar-refractivity contribution in [3.63, 3.8) is 0 Å². The van der Waals surface area contributed by atoms with E-state index in [0.29, 0.717) is 0 Å². The number of nitrogens with one attached hydrogen (secondary N) is 1. The molecule has 0 aliphatic heterocycles. The van der Waals surface area contributed by atoms with E-state index in [1.165, 1.54) is 12.1 Å². The average molecular weight is 295 g/mol. The van der Waals surface area contributed by atoms with Crippen molar-refractivity contribution >= 4 is 21.6 Å². The zero-order valence-corrected chi connectivity index (χ0v) is 10.4. The van der Waals surface area contributed by atoms with Gasteiger partial charge in [-0.2, -0.15) is 8.78 Å². The summed E-state index contributed by atoms with van der Waals surface area (Å²) in [5.74, 6) is -3.59. The van der Waals surface area contributed by atoms with Crippen LogP contribution in [0.25, 0.3) is 0 Å². The van der Waals surface area contributed by atoms with E-state index >= 15 is 0 Å². The predicted octanol–water partition coefficient (Wildman–Crippen LogP) is 1.22. The molecule has 2 N–H and O–H groups in total. The molecule has 1 amide bonds. The van der Waals surface area contributed by atoms with Gasteiger partial charge in [0, 0.05) is 0 Å². The number of amides is 1. The van der Waals surface area contributed by atoms with Crippen molar-refractivity contribution < 1.29 is 31.8 Å².